The third kappa shape index (κ3) is 4.02. The van der Waals surface area contributed by atoms with E-state index in [1.165, 1.54) is 0 Å². The van der Waals surface area contributed by atoms with Gasteiger partial charge in [-0.05, 0) is 34.9 Å². The third-order valence-corrected chi connectivity index (χ3v) is 4.74. The van der Waals surface area contributed by atoms with Gasteiger partial charge in [-0.15, -0.1) is 0 Å². The molecule has 0 unspecified atom stereocenters. The second-order valence-corrected chi connectivity index (χ2v) is 9.15. The molecule has 2 aromatic rings. The first-order valence-electron chi connectivity index (χ1n) is 9.01. The van der Waals surface area contributed by atoms with Gasteiger partial charge in [0.25, 0.3) is 0 Å². The third-order valence-electron chi connectivity index (χ3n) is 4.74. The molecule has 0 bridgehead atoms. The predicted octanol–water partition coefficient (Wildman–Crippen LogP) is 5.84. The second-order valence-electron chi connectivity index (χ2n) is 9.15. The van der Waals surface area contributed by atoms with Crippen LogP contribution >= 0.6 is 0 Å². The summed E-state index contributed by atoms with van der Waals surface area (Å²) < 4.78 is 0. The number of anilines is 1. The normalized spacial score (nSPS) is 14.4. The van der Waals surface area contributed by atoms with Gasteiger partial charge in [0.05, 0.1) is 11.8 Å². The van der Waals surface area contributed by atoms with Gasteiger partial charge in [-0.25, -0.2) is 0 Å². The largest absolute Gasteiger partial charge is 0.505 e. The molecule has 26 heavy (non-hydrogen) atoms. The van der Waals surface area contributed by atoms with E-state index in [1.807, 2.05) is 43.3 Å². The van der Waals surface area contributed by atoms with Gasteiger partial charge in [0.15, 0.2) is 0 Å². The number of phenolic OH excluding ortho intramolecular Hbond substituents is 1. The molecule has 0 fully saturated rings. The van der Waals surface area contributed by atoms with Crippen molar-refractivity contribution in [3.05, 3.63) is 59.2 Å². The van der Waals surface area contributed by atoms with Crippen molar-refractivity contribution in [2.24, 2.45) is 0 Å². The molecule has 138 valence electrons. The zero-order valence-electron chi connectivity index (χ0n) is 16.9. The number of hydrogen-bond acceptors (Lipinski definition) is 3. The van der Waals surface area contributed by atoms with Gasteiger partial charge in [-0.1, -0.05) is 77.9 Å². The fourth-order valence-corrected chi connectivity index (χ4v) is 2.94. The number of nitriles is 1. The molecule has 0 saturated heterocycles. The summed E-state index contributed by atoms with van der Waals surface area (Å²) >= 11 is 0. The molecule has 0 heterocycles. The van der Waals surface area contributed by atoms with E-state index in [0.717, 1.165) is 16.7 Å². The summed E-state index contributed by atoms with van der Waals surface area (Å²) in [4.78, 5) is 0. The standard InChI is InChI=1S/C23H30N2O/c1-21(2,3)17-13-18(22(4,5)6)20(26)19(14-17)25-23(7,15-24)16-11-9-8-10-12-16/h8-14,25-26H,1-7H3/t23-/m0/s1. The topological polar surface area (TPSA) is 56.0 Å². The number of rotatable bonds is 3. The molecule has 2 N–H and O–H groups in total. The SMILES string of the molecule is CC(C)(C)c1cc(N[C@@](C)(C#N)c2ccccc2)c(O)c(C(C)(C)C)c1. The first-order chi connectivity index (χ1) is 11.9. The van der Waals surface area contributed by atoms with Gasteiger partial charge >= 0.3 is 0 Å². The number of aromatic hydroxyl groups is 1. The Kier molecular flexibility index (Phi) is 5.10. The lowest BCUT2D eigenvalue weighted by Gasteiger charge is -2.31. The van der Waals surface area contributed by atoms with Crippen LogP contribution in [0.1, 0.15) is 65.2 Å². The summed E-state index contributed by atoms with van der Waals surface area (Å²) in [5.74, 6) is 0.211. The maximum Gasteiger partial charge on any atom is 0.148 e. The molecule has 3 heteroatoms. The van der Waals surface area contributed by atoms with Crippen molar-refractivity contribution in [3.63, 3.8) is 0 Å². The van der Waals surface area contributed by atoms with Crippen molar-refractivity contribution in [2.45, 2.75) is 64.8 Å². The van der Waals surface area contributed by atoms with Crippen LogP contribution in [0.15, 0.2) is 42.5 Å². The van der Waals surface area contributed by atoms with Gasteiger partial charge in [0, 0.05) is 5.56 Å². The average Bonchev–Trinajstić information content (AvgIpc) is 2.55. The number of phenols is 1. The van der Waals surface area contributed by atoms with Crippen LogP contribution in [-0.4, -0.2) is 5.11 Å². The summed E-state index contributed by atoms with van der Waals surface area (Å²) in [7, 11) is 0. The van der Waals surface area contributed by atoms with Gasteiger partial charge in [0.1, 0.15) is 11.3 Å². The molecule has 0 aliphatic carbocycles. The van der Waals surface area contributed by atoms with E-state index in [2.05, 4.69) is 59.0 Å². The maximum atomic E-state index is 10.9. The average molecular weight is 351 g/mol. The first-order valence-corrected chi connectivity index (χ1v) is 9.01. The van der Waals surface area contributed by atoms with Gasteiger partial charge in [0.2, 0.25) is 0 Å². The Balaban J connectivity index is 2.64. The highest BCUT2D eigenvalue weighted by atomic mass is 16.3. The minimum Gasteiger partial charge on any atom is -0.505 e. The fourth-order valence-electron chi connectivity index (χ4n) is 2.94. The van der Waals surface area contributed by atoms with Gasteiger partial charge in [-0.3, -0.25) is 0 Å². The predicted molar refractivity (Wildman–Crippen MR) is 109 cm³/mol. The van der Waals surface area contributed by atoms with E-state index in [1.54, 1.807) is 0 Å². The van der Waals surface area contributed by atoms with Crippen molar-refractivity contribution >= 4 is 5.69 Å². The monoisotopic (exact) mass is 350 g/mol. The molecule has 0 saturated carbocycles. The molecule has 0 aromatic heterocycles. The van der Waals surface area contributed by atoms with Crippen molar-refractivity contribution in [2.75, 3.05) is 5.32 Å². The Morgan fingerprint density at radius 3 is 1.88 bits per heavy atom. The van der Waals surface area contributed by atoms with E-state index in [9.17, 15) is 10.4 Å². The maximum absolute atomic E-state index is 10.9. The zero-order chi connectivity index (χ0) is 19.8. The van der Waals surface area contributed by atoms with Crippen LogP contribution in [0.3, 0.4) is 0 Å². The van der Waals surface area contributed by atoms with E-state index in [-0.39, 0.29) is 16.6 Å². The molecular weight excluding hydrogens is 320 g/mol. The smallest absolute Gasteiger partial charge is 0.148 e. The number of nitrogens with zero attached hydrogens (tertiary/aromatic N) is 1. The lowest BCUT2D eigenvalue weighted by atomic mass is 9.79. The fraction of sp³-hybridized carbons (Fsp3) is 0.435. The molecule has 3 nitrogen and oxygen atoms in total. The van der Waals surface area contributed by atoms with Crippen molar-refractivity contribution in [3.8, 4) is 11.8 Å². The molecular formula is C23H30N2O. The minimum atomic E-state index is -0.940. The highest BCUT2D eigenvalue weighted by Crippen LogP contribution is 2.42. The number of nitrogens with one attached hydrogen (secondary N) is 1. The minimum absolute atomic E-state index is 0.0695. The van der Waals surface area contributed by atoms with Crippen LogP contribution < -0.4 is 5.32 Å². The number of hydrogen-bond donors (Lipinski definition) is 2. The molecule has 0 aliphatic heterocycles. The van der Waals surface area contributed by atoms with Crippen molar-refractivity contribution in [1.29, 1.82) is 5.26 Å². The van der Waals surface area contributed by atoms with E-state index in [0.29, 0.717) is 5.69 Å². The Labute approximate surface area is 157 Å². The Morgan fingerprint density at radius 1 is 0.846 bits per heavy atom. The molecule has 2 rings (SSSR count). The summed E-state index contributed by atoms with van der Waals surface area (Å²) in [6, 6.07) is 16.0. The first kappa shape index (κ1) is 19.8. The molecule has 0 amide bonds. The number of benzene rings is 2. The summed E-state index contributed by atoms with van der Waals surface area (Å²) in [5.41, 5.74) is 2.23. The van der Waals surface area contributed by atoms with Crippen molar-refractivity contribution in [1.82, 2.24) is 0 Å². The van der Waals surface area contributed by atoms with Crippen LogP contribution in [0, 0.1) is 11.3 Å². The highest BCUT2D eigenvalue weighted by Gasteiger charge is 2.30. The lowest BCUT2D eigenvalue weighted by molar-refractivity contribution is 0.445. The van der Waals surface area contributed by atoms with E-state index in [4.69, 9.17) is 0 Å². The Bertz CT molecular complexity index is 820. The Hall–Kier alpha value is -2.47. The van der Waals surface area contributed by atoms with E-state index < -0.39 is 5.54 Å². The van der Waals surface area contributed by atoms with Gasteiger partial charge in [-0.2, -0.15) is 5.26 Å². The van der Waals surface area contributed by atoms with Crippen LogP contribution in [0.25, 0.3) is 0 Å². The molecule has 1 atom stereocenters. The van der Waals surface area contributed by atoms with Crippen LogP contribution in [0.2, 0.25) is 0 Å². The highest BCUT2D eigenvalue weighted by molar-refractivity contribution is 5.66. The van der Waals surface area contributed by atoms with Crippen LogP contribution in [0.5, 0.6) is 5.75 Å². The van der Waals surface area contributed by atoms with Gasteiger partial charge < -0.3 is 10.4 Å². The quantitative estimate of drug-likeness (QED) is 0.684. The second kappa shape index (κ2) is 6.68. The molecule has 0 aliphatic rings. The molecule has 0 spiro atoms. The van der Waals surface area contributed by atoms with Crippen LogP contribution in [-0.2, 0) is 16.4 Å². The summed E-state index contributed by atoms with van der Waals surface area (Å²) in [6.07, 6.45) is 0. The lowest BCUT2D eigenvalue weighted by Crippen LogP contribution is -2.30. The van der Waals surface area contributed by atoms with E-state index >= 15 is 0 Å². The van der Waals surface area contributed by atoms with Crippen LogP contribution in [0.4, 0.5) is 5.69 Å². The molecule has 0 radical (unpaired) electrons. The zero-order valence-corrected chi connectivity index (χ0v) is 16.9. The van der Waals surface area contributed by atoms with Crippen molar-refractivity contribution < 1.29 is 5.11 Å². The Morgan fingerprint density at radius 2 is 1.42 bits per heavy atom. The summed E-state index contributed by atoms with van der Waals surface area (Å²) in [5, 5.41) is 24.1. The summed E-state index contributed by atoms with van der Waals surface area (Å²) in [6.45, 7) is 14.5. The molecule has 2 aromatic carbocycles.